The Labute approximate surface area is 105 Å². The quantitative estimate of drug-likeness (QED) is 0.841. The molecule has 0 spiro atoms. The van der Waals surface area contributed by atoms with Crippen LogP contribution in [0.1, 0.15) is 38.2 Å². The zero-order valence-corrected chi connectivity index (χ0v) is 10.7. The minimum atomic E-state index is -0.385. The van der Waals surface area contributed by atoms with Gasteiger partial charge in [-0.2, -0.15) is 0 Å². The summed E-state index contributed by atoms with van der Waals surface area (Å²) < 4.78 is 1.31. The molecule has 1 aromatic heterocycles. The first-order valence-corrected chi connectivity index (χ1v) is 6.52. The molecular formula is C12H17ClN2O2. The molecule has 1 aliphatic rings. The van der Waals surface area contributed by atoms with Crippen molar-refractivity contribution < 1.29 is 0 Å². The summed E-state index contributed by atoms with van der Waals surface area (Å²) >= 11 is 5.85. The van der Waals surface area contributed by atoms with E-state index in [2.05, 4.69) is 4.98 Å². The molecule has 0 saturated heterocycles. The van der Waals surface area contributed by atoms with Crippen molar-refractivity contribution in [2.75, 3.05) is 0 Å². The Morgan fingerprint density at radius 2 is 2.00 bits per heavy atom. The molecule has 0 aliphatic heterocycles. The van der Waals surface area contributed by atoms with Crippen molar-refractivity contribution >= 4 is 11.6 Å². The maximum Gasteiger partial charge on any atom is 0.329 e. The molecule has 0 amide bonds. The van der Waals surface area contributed by atoms with E-state index in [0.717, 1.165) is 12.8 Å². The summed E-state index contributed by atoms with van der Waals surface area (Å²) in [5, 5.41) is 0.185. The molecule has 5 heteroatoms. The lowest BCUT2D eigenvalue weighted by Gasteiger charge is -2.12. The van der Waals surface area contributed by atoms with Gasteiger partial charge in [-0.1, -0.05) is 31.4 Å². The second-order valence-corrected chi connectivity index (χ2v) is 5.02. The first kappa shape index (κ1) is 12.4. The smallest absolute Gasteiger partial charge is 0.297 e. The molecule has 0 unspecified atom stereocenters. The highest BCUT2D eigenvalue weighted by atomic mass is 35.5. The second kappa shape index (κ2) is 5.08. The normalized spacial score (nSPS) is 16.6. The number of aromatic nitrogens is 2. The fourth-order valence-electron chi connectivity index (χ4n) is 2.51. The summed E-state index contributed by atoms with van der Waals surface area (Å²) in [4.78, 5) is 26.4. The molecule has 0 radical (unpaired) electrons. The summed E-state index contributed by atoms with van der Waals surface area (Å²) in [7, 11) is 0. The predicted molar refractivity (Wildman–Crippen MR) is 67.7 cm³/mol. The van der Waals surface area contributed by atoms with Crippen molar-refractivity contribution in [3.8, 4) is 0 Å². The summed E-state index contributed by atoms with van der Waals surface area (Å²) in [6.07, 6.45) is 5.15. The lowest BCUT2D eigenvalue weighted by molar-refractivity contribution is 0.434. The van der Waals surface area contributed by atoms with Crippen LogP contribution >= 0.6 is 11.6 Å². The van der Waals surface area contributed by atoms with Gasteiger partial charge in [0.2, 0.25) is 0 Å². The van der Waals surface area contributed by atoms with Crippen LogP contribution in [0.3, 0.4) is 0 Å². The van der Waals surface area contributed by atoms with Crippen molar-refractivity contribution in [2.45, 2.75) is 45.6 Å². The standard InChI is InChI=1S/C12H17ClN2O2/c1-2-9-10(13)14-12(17)15(11(9)16)7-8-5-3-4-6-8/h8H,2-7H2,1H3,(H,14,17). The number of aromatic amines is 1. The Balaban J connectivity index is 2.39. The molecule has 1 heterocycles. The predicted octanol–water partition coefficient (Wildman–Crippen LogP) is 1.94. The van der Waals surface area contributed by atoms with Gasteiger partial charge in [0.05, 0.1) is 5.56 Å². The van der Waals surface area contributed by atoms with Gasteiger partial charge in [0.25, 0.3) is 5.56 Å². The summed E-state index contributed by atoms with van der Waals surface area (Å²) in [6.45, 7) is 2.39. The molecule has 17 heavy (non-hydrogen) atoms. The lowest BCUT2D eigenvalue weighted by atomic mass is 10.1. The van der Waals surface area contributed by atoms with Crippen molar-refractivity contribution in [3.63, 3.8) is 0 Å². The van der Waals surface area contributed by atoms with Crippen molar-refractivity contribution in [1.82, 2.24) is 9.55 Å². The van der Waals surface area contributed by atoms with E-state index >= 15 is 0 Å². The van der Waals surface area contributed by atoms with Gasteiger partial charge in [-0.05, 0) is 25.2 Å². The molecule has 94 valence electrons. The molecule has 2 rings (SSSR count). The largest absolute Gasteiger partial charge is 0.329 e. The SMILES string of the molecule is CCc1c(Cl)[nH]c(=O)n(CC2CCCC2)c1=O. The monoisotopic (exact) mass is 256 g/mol. The number of hydrogen-bond donors (Lipinski definition) is 1. The van der Waals surface area contributed by atoms with Gasteiger partial charge in [0.1, 0.15) is 5.15 Å². The molecule has 1 aliphatic carbocycles. The number of H-pyrrole nitrogens is 1. The van der Waals surface area contributed by atoms with E-state index in [9.17, 15) is 9.59 Å². The minimum Gasteiger partial charge on any atom is -0.297 e. The molecule has 1 N–H and O–H groups in total. The number of hydrogen-bond acceptors (Lipinski definition) is 2. The van der Waals surface area contributed by atoms with Crippen LogP contribution in [0.2, 0.25) is 5.15 Å². The Morgan fingerprint density at radius 1 is 1.35 bits per heavy atom. The first-order valence-electron chi connectivity index (χ1n) is 6.15. The molecular weight excluding hydrogens is 240 g/mol. The third-order valence-electron chi connectivity index (χ3n) is 3.50. The zero-order chi connectivity index (χ0) is 12.4. The first-order chi connectivity index (χ1) is 8.13. The Morgan fingerprint density at radius 3 is 2.59 bits per heavy atom. The highest BCUT2D eigenvalue weighted by Gasteiger charge is 2.19. The molecule has 0 aromatic carbocycles. The van der Waals surface area contributed by atoms with Crippen LogP contribution in [-0.2, 0) is 13.0 Å². The van der Waals surface area contributed by atoms with E-state index in [-0.39, 0.29) is 16.4 Å². The third-order valence-corrected chi connectivity index (χ3v) is 3.82. The molecule has 4 nitrogen and oxygen atoms in total. The van der Waals surface area contributed by atoms with Crippen LogP contribution in [0.4, 0.5) is 0 Å². The maximum atomic E-state index is 12.1. The summed E-state index contributed by atoms with van der Waals surface area (Å²) in [5.74, 6) is 0.458. The number of nitrogens with one attached hydrogen (secondary N) is 1. The molecule has 1 fully saturated rings. The van der Waals surface area contributed by atoms with E-state index < -0.39 is 0 Å². The zero-order valence-electron chi connectivity index (χ0n) is 9.96. The van der Waals surface area contributed by atoms with E-state index in [1.165, 1.54) is 17.4 Å². The van der Waals surface area contributed by atoms with E-state index in [4.69, 9.17) is 11.6 Å². The number of rotatable bonds is 3. The van der Waals surface area contributed by atoms with E-state index in [0.29, 0.717) is 24.4 Å². The lowest BCUT2D eigenvalue weighted by Crippen LogP contribution is -2.38. The second-order valence-electron chi connectivity index (χ2n) is 4.64. The Kier molecular flexibility index (Phi) is 3.72. The number of halogens is 1. The average Bonchev–Trinajstić information content (AvgIpc) is 2.77. The van der Waals surface area contributed by atoms with Crippen LogP contribution in [0.15, 0.2) is 9.59 Å². The van der Waals surface area contributed by atoms with Gasteiger partial charge in [0, 0.05) is 6.54 Å². The highest BCUT2D eigenvalue weighted by Crippen LogP contribution is 2.25. The fourth-order valence-corrected chi connectivity index (χ4v) is 2.80. The van der Waals surface area contributed by atoms with E-state index in [1.807, 2.05) is 6.92 Å². The van der Waals surface area contributed by atoms with Gasteiger partial charge in [-0.15, -0.1) is 0 Å². The van der Waals surface area contributed by atoms with Crippen molar-refractivity contribution in [2.24, 2.45) is 5.92 Å². The van der Waals surface area contributed by atoms with Crippen LogP contribution in [0, 0.1) is 5.92 Å². The topological polar surface area (TPSA) is 54.9 Å². The third kappa shape index (κ3) is 2.46. The van der Waals surface area contributed by atoms with Gasteiger partial charge >= 0.3 is 5.69 Å². The van der Waals surface area contributed by atoms with E-state index in [1.54, 1.807) is 0 Å². The Hall–Kier alpha value is -1.03. The van der Waals surface area contributed by atoms with Crippen LogP contribution in [0.5, 0.6) is 0 Å². The van der Waals surface area contributed by atoms with Gasteiger partial charge < -0.3 is 0 Å². The summed E-state index contributed by atoms with van der Waals surface area (Å²) in [6, 6.07) is 0. The maximum absolute atomic E-state index is 12.1. The van der Waals surface area contributed by atoms with Gasteiger partial charge in [0.15, 0.2) is 0 Å². The van der Waals surface area contributed by atoms with Gasteiger partial charge in [-0.3, -0.25) is 14.3 Å². The van der Waals surface area contributed by atoms with Crippen LogP contribution < -0.4 is 11.2 Å². The average molecular weight is 257 g/mol. The minimum absolute atomic E-state index is 0.185. The molecule has 1 aromatic rings. The van der Waals surface area contributed by atoms with Crippen LogP contribution in [0.25, 0.3) is 0 Å². The highest BCUT2D eigenvalue weighted by molar-refractivity contribution is 6.30. The van der Waals surface area contributed by atoms with Crippen molar-refractivity contribution in [3.05, 3.63) is 31.6 Å². The molecule has 1 saturated carbocycles. The summed E-state index contributed by atoms with van der Waals surface area (Å²) in [5.41, 5.74) is -0.110. The molecule has 0 bridgehead atoms. The van der Waals surface area contributed by atoms with Gasteiger partial charge in [-0.25, -0.2) is 4.79 Å². The van der Waals surface area contributed by atoms with Crippen molar-refractivity contribution in [1.29, 1.82) is 0 Å². The Bertz CT molecular complexity index is 512. The number of nitrogens with zero attached hydrogens (tertiary/aromatic N) is 1. The molecule has 0 atom stereocenters. The fraction of sp³-hybridized carbons (Fsp3) is 0.667. The van der Waals surface area contributed by atoms with Crippen LogP contribution in [-0.4, -0.2) is 9.55 Å².